The Balaban J connectivity index is -0.000000245. The molecule has 0 aliphatic carbocycles. The predicted octanol–water partition coefficient (Wildman–Crippen LogP) is -10.1. The van der Waals surface area contributed by atoms with Crippen LogP contribution in [0.2, 0.25) is 0 Å². The third-order valence-corrected chi connectivity index (χ3v) is 2.16. The van der Waals surface area contributed by atoms with Crippen molar-refractivity contribution in [2.24, 2.45) is 10.3 Å². The van der Waals surface area contributed by atoms with E-state index in [0.717, 1.165) is 11.5 Å². The highest BCUT2D eigenvalue weighted by atomic mass is 79.9. The minimum absolute atomic E-state index is 0. The summed E-state index contributed by atoms with van der Waals surface area (Å²) in [6, 6.07) is 0. The SMILES string of the molecule is NS(=[NH2+])CCS(N)=[NH2+].[Br-].[Br-]. The van der Waals surface area contributed by atoms with Gasteiger partial charge < -0.3 is 34.0 Å². The lowest BCUT2D eigenvalue weighted by Crippen LogP contribution is -3.00. The summed E-state index contributed by atoms with van der Waals surface area (Å²) in [6.45, 7) is 0. The Bertz CT molecular complexity index is 104. The van der Waals surface area contributed by atoms with Crippen LogP contribution in [0.3, 0.4) is 0 Å². The second kappa shape index (κ2) is 10.2. The third kappa shape index (κ3) is 16.1. The van der Waals surface area contributed by atoms with Gasteiger partial charge in [0.05, 0.1) is 11.5 Å². The normalized spacial score (nSPS) is 14.2. The Morgan fingerprint density at radius 3 is 1.20 bits per heavy atom. The molecule has 0 spiro atoms. The zero-order valence-electron chi connectivity index (χ0n) is 5.30. The zero-order valence-corrected chi connectivity index (χ0v) is 10.1. The van der Waals surface area contributed by atoms with E-state index in [2.05, 4.69) is 0 Å². The van der Waals surface area contributed by atoms with Crippen molar-refractivity contribution in [2.45, 2.75) is 0 Å². The van der Waals surface area contributed by atoms with E-state index in [1.165, 1.54) is 0 Å². The summed E-state index contributed by atoms with van der Waals surface area (Å²) in [5.74, 6) is 1.46. The lowest BCUT2D eigenvalue weighted by molar-refractivity contribution is -0.0781. The molecule has 0 heterocycles. The quantitative estimate of drug-likeness (QED) is 0.415. The Morgan fingerprint density at radius 2 is 1.10 bits per heavy atom. The van der Waals surface area contributed by atoms with Gasteiger partial charge in [0.2, 0.25) is 0 Å². The van der Waals surface area contributed by atoms with Gasteiger partial charge in [0, 0.05) is 0 Å². The van der Waals surface area contributed by atoms with Crippen molar-refractivity contribution in [2.75, 3.05) is 11.5 Å². The smallest absolute Gasteiger partial charge is 0.109 e. The minimum atomic E-state index is -0.489. The number of rotatable bonds is 3. The van der Waals surface area contributed by atoms with E-state index in [4.69, 9.17) is 19.8 Å². The van der Waals surface area contributed by atoms with Gasteiger partial charge in [-0.15, -0.1) is 0 Å². The van der Waals surface area contributed by atoms with Crippen LogP contribution in [0.1, 0.15) is 0 Å². The van der Waals surface area contributed by atoms with Crippen molar-refractivity contribution in [3.05, 3.63) is 0 Å². The maximum Gasteiger partial charge on any atom is 0.109 e. The first kappa shape index (κ1) is 17.3. The fourth-order valence-corrected chi connectivity index (χ4v) is 1.73. The number of hydrogen-bond donors (Lipinski definition) is 4. The Hall–Kier alpha value is 1.18. The van der Waals surface area contributed by atoms with Crippen molar-refractivity contribution >= 4 is 21.8 Å². The van der Waals surface area contributed by atoms with E-state index < -0.39 is 21.8 Å². The molecule has 0 fully saturated rings. The van der Waals surface area contributed by atoms with Crippen LogP contribution in [0, 0.1) is 0 Å². The van der Waals surface area contributed by atoms with Crippen LogP contribution in [0.25, 0.3) is 0 Å². The van der Waals surface area contributed by atoms with Crippen molar-refractivity contribution in [1.82, 2.24) is 0 Å². The highest BCUT2D eigenvalue weighted by Crippen LogP contribution is 1.67. The van der Waals surface area contributed by atoms with Gasteiger partial charge in [-0.2, -0.15) is 0 Å². The van der Waals surface area contributed by atoms with Crippen LogP contribution >= 0.6 is 0 Å². The average Bonchev–Trinajstić information content (AvgIpc) is 1.61. The van der Waals surface area contributed by atoms with Crippen LogP contribution in [0.15, 0.2) is 0 Å². The number of nitrogens with two attached hydrogens (primary N) is 4. The Morgan fingerprint density at radius 1 is 0.900 bits per heavy atom. The second-order valence-electron chi connectivity index (χ2n) is 1.35. The van der Waals surface area contributed by atoms with Gasteiger partial charge in [0.1, 0.15) is 21.8 Å². The lowest BCUT2D eigenvalue weighted by atomic mass is 11.0. The van der Waals surface area contributed by atoms with Crippen LogP contribution in [-0.2, 0) is 21.8 Å². The molecule has 0 aliphatic rings. The molecule has 0 radical (unpaired) electrons. The first-order valence-electron chi connectivity index (χ1n) is 2.02. The van der Waals surface area contributed by atoms with Crippen molar-refractivity contribution in [3.8, 4) is 0 Å². The molecular formula is C2H12Br2N4S2. The second-order valence-corrected chi connectivity index (χ2v) is 4.04. The summed E-state index contributed by atoms with van der Waals surface area (Å²) in [5.41, 5.74) is 0. The first-order chi connectivity index (χ1) is 3.63. The Kier molecular flexibility index (Phi) is 17.6. The zero-order chi connectivity index (χ0) is 6.57. The lowest BCUT2D eigenvalue weighted by Gasteiger charge is -1.87. The summed E-state index contributed by atoms with van der Waals surface area (Å²) in [7, 11) is -0.978. The van der Waals surface area contributed by atoms with E-state index in [1.807, 2.05) is 0 Å². The van der Waals surface area contributed by atoms with Crippen LogP contribution < -0.4 is 53.8 Å². The van der Waals surface area contributed by atoms with E-state index in [0.29, 0.717) is 0 Å². The van der Waals surface area contributed by atoms with E-state index in [1.54, 1.807) is 0 Å². The predicted molar refractivity (Wildman–Crippen MR) is 36.7 cm³/mol. The molecule has 10 heavy (non-hydrogen) atoms. The molecule has 0 aromatic rings. The highest BCUT2D eigenvalue weighted by Gasteiger charge is 1.95. The molecule has 8 N–H and O–H groups in total. The van der Waals surface area contributed by atoms with Gasteiger partial charge in [-0.25, -0.2) is 19.8 Å². The van der Waals surface area contributed by atoms with Gasteiger partial charge in [-0.05, 0) is 0 Å². The maximum atomic E-state index is 5.24. The average molecular weight is 316 g/mol. The molecule has 0 bridgehead atoms. The maximum absolute atomic E-state index is 5.24. The van der Waals surface area contributed by atoms with Crippen LogP contribution in [0.4, 0.5) is 0 Å². The fourth-order valence-electron chi connectivity index (χ4n) is 0.192. The van der Waals surface area contributed by atoms with Gasteiger partial charge in [0.15, 0.2) is 0 Å². The molecule has 66 valence electrons. The van der Waals surface area contributed by atoms with E-state index in [-0.39, 0.29) is 34.0 Å². The van der Waals surface area contributed by atoms with Gasteiger partial charge >= 0.3 is 0 Å². The van der Waals surface area contributed by atoms with Gasteiger partial charge in [-0.3, -0.25) is 0 Å². The highest BCUT2D eigenvalue weighted by molar-refractivity contribution is 7.85. The molecule has 4 nitrogen and oxygen atoms in total. The molecule has 8 heteroatoms. The van der Waals surface area contributed by atoms with E-state index in [9.17, 15) is 0 Å². The molecule has 0 aromatic heterocycles. The Labute approximate surface area is 86.7 Å². The van der Waals surface area contributed by atoms with E-state index >= 15 is 0 Å². The summed E-state index contributed by atoms with van der Waals surface area (Å²) in [6.07, 6.45) is 0. The molecule has 2 unspecified atom stereocenters. The van der Waals surface area contributed by atoms with Crippen LogP contribution in [-0.4, -0.2) is 11.5 Å². The summed E-state index contributed by atoms with van der Waals surface area (Å²) in [5, 5.41) is 10.5. The fraction of sp³-hybridized carbons (Fsp3) is 1.00. The van der Waals surface area contributed by atoms with Gasteiger partial charge in [-0.1, -0.05) is 0 Å². The number of hydrogen-bond acceptors (Lipinski definition) is 0. The van der Waals surface area contributed by atoms with Gasteiger partial charge in [0.25, 0.3) is 0 Å². The summed E-state index contributed by atoms with van der Waals surface area (Å²) in [4.78, 5) is 0. The third-order valence-electron chi connectivity index (χ3n) is 0.555. The molecule has 0 saturated heterocycles. The molecular weight excluding hydrogens is 304 g/mol. The minimum Gasteiger partial charge on any atom is -1.00 e. The van der Waals surface area contributed by atoms with Crippen molar-refractivity contribution in [1.29, 1.82) is 0 Å². The van der Waals surface area contributed by atoms with Crippen LogP contribution in [0.5, 0.6) is 0 Å². The molecule has 0 saturated carbocycles. The topological polar surface area (TPSA) is 103 Å². The monoisotopic (exact) mass is 314 g/mol. The molecule has 2 atom stereocenters. The van der Waals surface area contributed by atoms with Crippen molar-refractivity contribution in [3.63, 3.8) is 0 Å². The summed E-state index contributed by atoms with van der Waals surface area (Å²) >= 11 is 0. The number of halogens is 2. The largest absolute Gasteiger partial charge is 1.00 e. The summed E-state index contributed by atoms with van der Waals surface area (Å²) < 4.78 is 10.5. The molecule has 0 aliphatic heterocycles. The molecule has 0 amide bonds. The van der Waals surface area contributed by atoms with Crippen molar-refractivity contribution < 1.29 is 43.5 Å². The first-order valence-corrected chi connectivity index (χ1v) is 5.06. The molecule has 0 rings (SSSR count). The molecule has 0 aromatic carbocycles. The standard InChI is InChI=1S/C2H10N4S2.2BrH/c3-7(4)1-2-8(5)6;;/h1-2H2,(H3,3,4)(H3,5,6);2*1H.